The quantitative estimate of drug-likeness (QED) is 0.839. The van der Waals surface area contributed by atoms with E-state index >= 15 is 0 Å². The lowest BCUT2D eigenvalue weighted by molar-refractivity contribution is 0.247. The Balaban J connectivity index is 2.61. The van der Waals surface area contributed by atoms with E-state index < -0.39 is 16.1 Å². The zero-order valence-corrected chi connectivity index (χ0v) is 13.5. The van der Waals surface area contributed by atoms with Crippen molar-refractivity contribution in [2.45, 2.75) is 32.6 Å². The number of amides is 2. The summed E-state index contributed by atoms with van der Waals surface area (Å²) in [5.74, 6) is 5.71. The molecule has 1 aromatic rings. The molecule has 0 aliphatic carbocycles. The van der Waals surface area contributed by atoms with E-state index in [2.05, 4.69) is 17.2 Å². The topological polar surface area (TPSA) is 75.3 Å². The van der Waals surface area contributed by atoms with E-state index in [1.165, 1.54) is 12.1 Å². The number of aryl methyl sites for hydroxylation is 1. The Morgan fingerprint density at radius 1 is 1.19 bits per heavy atom. The highest BCUT2D eigenvalue weighted by Crippen LogP contribution is 2.10. The van der Waals surface area contributed by atoms with Crippen LogP contribution in [0.5, 0.6) is 0 Å². The summed E-state index contributed by atoms with van der Waals surface area (Å²) in [5.41, 5.74) is 0.780. The Kier molecular flexibility index (Phi) is 5.39. The standard InChI is InChI=1S/C15H20N2O3S/c1-12-6-8-13(9-7-12)21(19,20)17-14(18)16-11-5-10-15(2,3)4/h6-9H,11H2,1-4H3,(H2,16,17,18). The molecule has 1 rings (SSSR count). The van der Waals surface area contributed by atoms with Gasteiger partial charge in [0.2, 0.25) is 0 Å². The summed E-state index contributed by atoms with van der Waals surface area (Å²) in [6, 6.07) is 5.44. The van der Waals surface area contributed by atoms with E-state index in [1.807, 2.05) is 32.4 Å². The van der Waals surface area contributed by atoms with Crippen LogP contribution in [0, 0.1) is 24.2 Å². The zero-order chi connectivity index (χ0) is 16.1. The lowest BCUT2D eigenvalue weighted by Gasteiger charge is -2.08. The lowest BCUT2D eigenvalue weighted by atomic mass is 9.98. The molecule has 0 aliphatic heterocycles. The van der Waals surface area contributed by atoms with E-state index in [0.29, 0.717) is 0 Å². The van der Waals surface area contributed by atoms with Gasteiger partial charge in [-0.15, -0.1) is 0 Å². The number of nitrogens with one attached hydrogen (secondary N) is 2. The number of hydrogen-bond acceptors (Lipinski definition) is 3. The number of carbonyl (C=O) groups excluding carboxylic acids is 1. The van der Waals surface area contributed by atoms with Crippen molar-refractivity contribution < 1.29 is 13.2 Å². The first kappa shape index (κ1) is 17.1. The highest BCUT2D eigenvalue weighted by Gasteiger charge is 2.16. The van der Waals surface area contributed by atoms with Gasteiger partial charge in [0, 0.05) is 5.41 Å². The van der Waals surface area contributed by atoms with Gasteiger partial charge in [-0.3, -0.25) is 0 Å². The summed E-state index contributed by atoms with van der Waals surface area (Å²) in [6.45, 7) is 7.78. The average molecular weight is 308 g/mol. The molecule has 0 heterocycles. The van der Waals surface area contributed by atoms with Crippen molar-refractivity contribution >= 4 is 16.1 Å². The maximum Gasteiger partial charge on any atom is 0.329 e. The number of benzene rings is 1. The molecule has 114 valence electrons. The maximum absolute atomic E-state index is 11.9. The molecule has 0 saturated carbocycles. The van der Waals surface area contributed by atoms with Gasteiger partial charge in [0.1, 0.15) is 0 Å². The van der Waals surface area contributed by atoms with Gasteiger partial charge < -0.3 is 5.32 Å². The van der Waals surface area contributed by atoms with Crippen LogP contribution in [0.15, 0.2) is 29.2 Å². The third kappa shape index (κ3) is 6.32. The maximum atomic E-state index is 11.9. The fraction of sp³-hybridized carbons (Fsp3) is 0.400. The van der Waals surface area contributed by atoms with Gasteiger partial charge in [-0.1, -0.05) is 29.5 Å². The van der Waals surface area contributed by atoms with Gasteiger partial charge in [-0.05, 0) is 39.8 Å². The Morgan fingerprint density at radius 3 is 2.29 bits per heavy atom. The molecule has 6 heteroatoms. The van der Waals surface area contributed by atoms with Crippen LogP contribution in [0.25, 0.3) is 0 Å². The fourth-order valence-electron chi connectivity index (χ4n) is 1.37. The van der Waals surface area contributed by atoms with Gasteiger partial charge in [0.05, 0.1) is 11.4 Å². The van der Waals surface area contributed by atoms with Crippen molar-refractivity contribution in [2.75, 3.05) is 6.54 Å². The molecule has 0 radical (unpaired) electrons. The smallest absolute Gasteiger partial charge is 0.326 e. The average Bonchev–Trinajstić information content (AvgIpc) is 2.33. The summed E-state index contributed by atoms with van der Waals surface area (Å²) in [7, 11) is -3.85. The molecular formula is C15H20N2O3S. The highest BCUT2D eigenvalue weighted by molar-refractivity contribution is 7.90. The molecule has 0 saturated heterocycles. The Labute approximate surface area is 126 Å². The number of urea groups is 1. The Hall–Kier alpha value is -2.00. The Bertz CT molecular complexity index is 660. The van der Waals surface area contributed by atoms with Crippen LogP contribution >= 0.6 is 0 Å². The molecule has 21 heavy (non-hydrogen) atoms. The largest absolute Gasteiger partial charge is 0.329 e. The number of sulfonamides is 1. The van der Waals surface area contributed by atoms with Crippen LogP contribution in [0.4, 0.5) is 4.79 Å². The number of hydrogen-bond donors (Lipinski definition) is 2. The van der Waals surface area contributed by atoms with Gasteiger partial charge in [-0.25, -0.2) is 17.9 Å². The molecule has 0 unspecified atom stereocenters. The van der Waals surface area contributed by atoms with Crippen LogP contribution in [0.2, 0.25) is 0 Å². The first-order chi connectivity index (χ1) is 9.60. The minimum atomic E-state index is -3.85. The van der Waals surface area contributed by atoms with Crippen molar-refractivity contribution in [3.8, 4) is 11.8 Å². The first-order valence-electron chi connectivity index (χ1n) is 6.47. The zero-order valence-electron chi connectivity index (χ0n) is 12.6. The normalized spacial score (nSPS) is 11.2. The van der Waals surface area contributed by atoms with Crippen LogP contribution < -0.4 is 10.0 Å². The fourth-order valence-corrected chi connectivity index (χ4v) is 2.30. The molecule has 0 aliphatic rings. The molecule has 1 aromatic carbocycles. The number of carbonyl (C=O) groups is 1. The minimum Gasteiger partial charge on any atom is -0.326 e. The third-order valence-electron chi connectivity index (χ3n) is 2.36. The van der Waals surface area contributed by atoms with Crippen molar-refractivity contribution in [2.24, 2.45) is 5.41 Å². The van der Waals surface area contributed by atoms with Crippen molar-refractivity contribution in [1.29, 1.82) is 0 Å². The third-order valence-corrected chi connectivity index (χ3v) is 3.71. The molecule has 5 nitrogen and oxygen atoms in total. The monoisotopic (exact) mass is 308 g/mol. The number of rotatable bonds is 3. The summed E-state index contributed by atoms with van der Waals surface area (Å²) in [4.78, 5) is 11.6. The molecule has 0 bridgehead atoms. The molecular weight excluding hydrogens is 288 g/mol. The van der Waals surface area contributed by atoms with E-state index in [4.69, 9.17) is 0 Å². The second-order valence-corrected chi connectivity index (χ2v) is 7.34. The van der Waals surface area contributed by atoms with Crippen molar-refractivity contribution in [1.82, 2.24) is 10.0 Å². The van der Waals surface area contributed by atoms with E-state index in [9.17, 15) is 13.2 Å². The molecule has 0 atom stereocenters. The lowest BCUT2D eigenvalue weighted by Crippen LogP contribution is -2.39. The SMILES string of the molecule is Cc1ccc(S(=O)(=O)NC(=O)NCC#CC(C)(C)C)cc1. The molecule has 0 fully saturated rings. The van der Waals surface area contributed by atoms with Gasteiger partial charge >= 0.3 is 6.03 Å². The van der Waals surface area contributed by atoms with Crippen LogP contribution in [-0.2, 0) is 10.0 Å². The molecule has 2 N–H and O–H groups in total. The van der Waals surface area contributed by atoms with Gasteiger partial charge in [0.25, 0.3) is 10.0 Å². The summed E-state index contributed by atoms with van der Waals surface area (Å²) >= 11 is 0. The van der Waals surface area contributed by atoms with Crippen LogP contribution in [0.3, 0.4) is 0 Å². The second-order valence-electron chi connectivity index (χ2n) is 5.65. The molecule has 2 amide bonds. The summed E-state index contributed by atoms with van der Waals surface area (Å²) in [6.07, 6.45) is 0. The molecule has 0 aromatic heterocycles. The predicted octanol–water partition coefficient (Wildman–Crippen LogP) is 2.03. The van der Waals surface area contributed by atoms with Gasteiger partial charge in [0.15, 0.2) is 0 Å². The summed E-state index contributed by atoms with van der Waals surface area (Å²) < 4.78 is 25.8. The van der Waals surface area contributed by atoms with Crippen LogP contribution in [-0.4, -0.2) is 21.0 Å². The Morgan fingerprint density at radius 2 is 1.76 bits per heavy atom. The summed E-state index contributed by atoms with van der Waals surface area (Å²) in [5, 5.41) is 2.39. The van der Waals surface area contributed by atoms with E-state index in [1.54, 1.807) is 12.1 Å². The predicted molar refractivity (Wildman–Crippen MR) is 82.1 cm³/mol. The highest BCUT2D eigenvalue weighted by atomic mass is 32.2. The van der Waals surface area contributed by atoms with Gasteiger partial charge in [-0.2, -0.15) is 0 Å². The van der Waals surface area contributed by atoms with E-state index in [0.717, 1.165) is 5.56 Å². The van der Waals surface area contributed by atoms with E-state index in [-0.39, 0.29) is 16.9 Å². The second kappa shape index (κ2) is 6.64. The first-order valence-corrected chi connectivity index (χ1v) is 7.96. The van der Waals surface area contributed by atoms with Crippen molar-refractivity contribution in [3.05, 3.63) is 29.8 Å². The molecule has 0 spiro atoms. The van der Waals surface area contributed by atoms with Crippen molar-refractivity contribution in [3.63, 3.8) is 0 Å². The minimum absolute atomic E-state index is 0.0454. The van der Waals surface area contributed by atoms with Crippen LogP contribution in [0.1, 0.15) is 26.3 Å².